The molecule has 11 heteroatoms. The van der Waals surface area contributed by atoms with Crippen LogP contribution in [0.15, 0.2) is 53.4 Å². The van der Waals surface area contributed by atoms with Crippen LogP contribution in [0.1, 0.15) is 18.4 Å². The summed E-state index contributed by atoms with van der Waals surface area (Å²) in [4.78, 5) is 38.4. The zero-order chi connectivity index (χ0) is 23.6. The van der Waals surface area contributed by atoms with Crippen LogP contribution in [-0.2, 0) is 26.0 Å². The molecule has 2 aromatic rings. The highest BCUT2D eigenvalue weighted by Gasteiger charge is 2.39. The number of benzene rings is 2. The molecule has 0 aliphatic carbocycles. The van der Waals surface area contributed by atoms with Crippen molar-refractivity contribution in [2.45, 2.75) is 30.2 Å². The SMILES string of the molecule is O=C(CN1C(=O)N[C@H](Cc2ccccc2)C1=O)Nc1cc(S(=O)(=O)N2CCCC2)ccc1Cl. The molecule has 2 N–H and O–H groups in total. The number of rotatable bonds is 7. The van der Waals surface area contributed by atoms with Crippen LogP contribution in [0, 0.1) is 0 Å². The van der Waals surface area contributed by atoms with Crippen molar-refractivity contribution in [2.75, 3.05) is 25.0 Å². The summed E-state index contributed by atoms with van der Waals surface area (Å²) in [6, 6.07) is 11.9. The lowest BCUT2D eigenvalue weighted by atomic mass is 10.1. The van der Waals surface area contributed by atoms with Crippen LogP contribution < -0.4 is 10.6 Å². The molecule has 0 bridgehead atoms. The van der Waals surface area contributed by atoms with Gasteiger partial charge in [-0.2, -0.15) is 4.31 Å². The normalized spacial score (nSPS) is 19.1. The van der Waals surface area contributed by atoms with Crippen molar-refractivity contribution in [3.63, 3.8) is 0 Å². The molecule has 2 heterocycles. The summed E-state index contributed by atoms with van der Waals surface area (Å²) in [5, 5.41) is 5.25. The summed E-state index contributed by atoms with van der Waals surface area (Å²) in [5.41, 5.74) is 0.972. The lowest BCUT2D eigenvalue weighted by Crippen LogP contribution is -2.38. The Hall–Kier alpha value is -2.95. The molecule has 1 atom stereocenters. The van der Waals surface area contributed by atoms with E-state index >= 15 is 0 Å². The third-order valence-electron chi connectivity index (χ3n) is 5.61. The first-order valence-corrected chi connectivity index (χ1v) is 12.3. The van der Waals surface area contributed by atoms with Gasteiger partial charge >= 0.3 is 6.03 Å². The molecular weight excluding hydrogens is 468 g/mol. The molecule has 0 unspecified atom stereocenters. The van der Waals surface area contributed by atoms with Crippen molar-refractivity contribution in [1.29, 1.82) is 0 Å². The zero-order valence-electron chi connectivity index (χ0n) is 17.7. The molecule has 2 saturated heterocycles. The summed E-state index contributed by atoms with van der Waals surface area (Å²) >= 11 is 6.15. The van der Waals surface area contributed by atoms with Crippen molar-refractivity contribution < 1.29 is 22.8 Å². The van der Waals surface area contributed by atoms with Gasteiger partial charge in [0.25, 0.3) is 5.91 Å². The first-order valence-electron chi connectivity index (χ1n) is 10.5. The van der Waals surface area contributed by atoms with Crippen molar-refractivity contribution in [2.24, 2.45) is 0 Å². The standard InChI is InChI=1S/C22H23ClN4O5S/c23-17-9-8-16(33(31,32)26-10-4-5-11-26)13-18(17)24-20(28)14-27-21(29)19(25-22(27)30)12-15-6-2-1-3-7-15/h1-3,6-9,13,19H,4-5,10-12,14H2,(H,24,28)(H,25,30)/t19-/m1/s1. The maximum atomic E-state index is 12.8. The van der Waals surface area contributed by atoms with Crippen LogP contribution in [0.2, 0.25) is 5.02 Å². The van der Waals surface area contributed by atoms with Crippen LogP contribution in [-0.4, -0.2) is 61.1 Å². The number of carbonyl (C=O) groups excluding carboxylic acids is 3. The number of nitrogens with one attached hydrogen (secondary N) is 2. The monoisotopic (exact) mass is 490 g/mol. The van der Waals surface area contributed by atoms with Crippen molar-refractivity contribution in [3.05, 3.63) is 59.1 Å². The Bertz CT molecular complexity index is 1180. The second-order valence-electron chi connectivity index (χ2n) is 7.92. The second kappa shape index (κ2) is 9.50. The smallest absolute Gasteiger partial charge is 0.325 e. The Kier molecular flexibility index (Phi) is 6.68. The van der Waals surface area contributed by atoms with Gasteiger partial charge in [-0.15, -0.1) is 0 Å². The fraction of sp³-hybridized carbons (Fsp3) is 0.318. The Labute approximate surface area is 196 Å². The molecule has 174 valence electrons. The lowest BCUT2D eigenvalue weighted by Gasteiger charge is -2.17. The maximum Gasteiger partial charge on any atom is 0.325 e. The Morgan fingerprint density at radius 3 is 2.48 bits per heavy atom. The van der Waals surface area contributed by atoms with Gasteiger partial charge in [-0.3, -0.25) is 14.5 Å². The lowest BCUT2D eigenvalue weighted by molar-refractivity contribution is -0.130. The fourth-order valence-corrected chi connectivity index (χ4v) is 5.59. The van der Waals surface area contributed by atoms with E-state index in [9.17, 15) is 22.8 Å². The number of urea groups is 1. The average molecular weight is 491 g/mol. The number of nitrogens with zero attached hydrogens (tertiary/aromatic N) is 2. The largest absolute Gasteiger partial charge is 0.325 e. The minimum Gasteiger partial charge on any atom is -0.325 e. The van der Waals surface area contributed by atoms with E-state index in [4.69, 9.17) is 11.6 Å². The van der Waals surface area contributed by atoms with Crippen molar-refractivity contribution in [1.82, 2.24) is 14.5 Å². The summed E-state index contributed by atoms with van der Waals surface area (Å²) in [6.45, 7) is 0.376. The summed E-state index contributed by atoms with van der Waals surface area (Å²) in [5.74, 6) is -1.17. The minimum atomic E-state index is -3.70. The number of anilines is 1. The number of imide groups is 1. The first-order chi connectivity index (χ1) is 15.8. The predicted octanol–water partition coefficient (Wildman–Crippen LogP) is 2.23. The van der Waals surface area contributed by atoms with E-state index in [0.717, 1.165) is 23.3 Å². The predicted molar refractivity (Wildman–Crippen MR) is 122 cm³/mol. The molecule has 2 aliphatic rings. The van der Waals surface area contributed by atoms with Crippen LogP contribution in [0.5, 0.6) is 0 Å². The van der Waals surface area contributed by atoms with Crippen LogP contribution in [0.4, 0.5) is 10.5 Å². The van der Waals surface area contributed by atoms with E-state index in [-0.39, 0.29) is 15.6 Å². The third-order valence-corrected chi connectivity index (χ3v) is 7.83. The molecule has 0 aromatic heterocycles. The minimum absolute atomic E-state index is 0.0158. The maximum absolute atomic E-state index is 12.8. The number of hydrogen-bond donors (Lipinski definition) is 2. The molecule has 4 rings (SSSR count). The molecule has 4 amide bonds. The van der Waals surface area contributed by atoms with Gasteiger partial charge in [-0.05, 0) is 36.6 Å². The van der Waals surface area contributed by atoms with Crippen molar-refractivity contribution in [3.8, 4) is 0 Å². The van der Waals surface area contributed by atoms with Gasteiger partial charge in [-0.1, -0.05) is 41.9 Å². The van der Waals surface area contributed by atoms with E-state index in [1.807, 2.05) is 30.3 Å². The summed E-state index contributed by atoms with van der Waals surface area (Å²) in [6.07, 6.45) is 1.91. The molecule has 9 nitrogen and oxygen atoms in total. The van der Waals surface area contributed by atoms with Gasteiger partial charge in [0.2, 0.25) is 15.9 Å². The van der Waals surface area contributed by atoms with Gasteiger partial charge < -0.3 is 10.6 Å². The molecule has 0 spiro atoms. The number of sulfonamides is 1. The number of hydrogen-bond acceptors (Lipinski definition) is 5. The first kappa shape index (κ1) is 23.2. The highest BCUT2D eigenvalue weighted by Crippen LogP contribution is 2.28. The number of amides is 4. The van der Waals surface area contributed by atoms with E-state index in [1.165, 1.54) is 22.5 Å². The Morgan fingerprint density at radius 1 is 1.09 bits per heavy atom. The number of carbonyl (C=O) groups is 3. The van der Waals surface area contributed by atoms with E-state index in [1.54, 1.807) is 0 Å². The molecule has 2 aromatic carbocycles. The van der Waals surface area contributed by atoms with E-state index in [2.05, 4.69) is 10.6 Å². The third kappa shape index (κ3) is 5.02. The highest BCUT2D eigenvalue weighted by atomic mass is 35.5. The van der Waals surface area contributed by atoms with Gasteiger partial charge in [0.1, 0.15) is 12.6 Å². The Morgan fingerprint density at radius 2 is 1.79 bits per heavy atom. The molecule has 33 heavy (non-hydrogen) atoms. The summed E-state index contributed by atoms with van der Waals surface area (Å²) < 4.78 is 27.0. The molecular formula is C22H23ClN4O5S. The zero-order valence-corrected chi connectivity index (χ0v) is 19.2. The van der Waals surface area contributed by atoms with Gasteiger partial charge in [0, 0.05) is 19.5 Å². The molecule has 2 fully saturated rings. The van der Waals surface area contributed by atoms with Gasteiger partial charge in [-0.25, -0.2) is 13.2 Å². The van der Waals surface area contributed by atoms with Crippen molar-refractivity contribution >= 4 is 45.2 Å². The fourth-order valence-electron chi connectivity index (χ4n) is 3.89. The highest BCUT2D eigenvalue weighted by molar-refractivity contribution is 7.89. The molecule has 0 radical (unpaired) electrons. The van der Waals surface area contributed by atoms with Crippen LogP contribution >= 0.6 is 11.6 Å². The average Bonchev–Trinajstić information content (AvgIpc) is 3.42. The molecule has 0 saturated carbocycles. The van der Waals surface area contributed by atoms with Gasteiger partial charge in [0.05, 0.1) is 15.6 Å². The van der Waals surface area contributed by atoms with Crippen LogP contribution in [0.25, 0.3) is 0 Å². The molecule has 2 aliphatic heterocycles. The summed E-state index contributed by atoms with van der Waals surface area (Å²) in [7, 11) is -3.70. The topological polar surface area (TPSA) is 116 Å². The number of halogens is 1. The van der Waals surface area contributed by atoms with Gasteiger partial charge in [0.15, 0.2) is 0 Å². The quantitative estimate of drug-likeness (QED) is 0.577. The van der Waals surface area contributed by atoms with E-state index < -0.39 is 40.5 Å². The van der Waals surface area contributed by atoms with Crippen LogP contribution in [0.3, 0.4) is 0 Å². The van der Waals surface area contributed by atoms with E-state index in [0.29, 0.717) is 19.5 Å². The Balaban J connectivity index is 1.43. The second-order valence-corrected chi connectivity index (χ2v) is 10.3.